The number of rotatable bonds is 6. The molecule has 0 spiro atoms. The van der Waals surface area contributed by atoms with Gasteiger partial charge in [-0.25, -0.2) is 4.79 Å². The van der Waals surface area contributed by atoms with Gasteiger partial charge in [0, 0.05) is 12.3 Å². The smallest absolute Gasteiger partial charge is 0.338 e. The molecule has 32 heavy (non-hydrogen) atoms. The normalized spacial score (nSPS) is 19.6. The fourth-order valence-electron chi connectivity index (χ4n) is 5.02. The van der Waals surface area contributed by atoms with Crippen LogP contribution in [0.25, 0.3) is 0 Å². The highest BCUT2D eigenvalue weighted by molar-refractivity contribution is 6.99. The van der Waals surface area contributed by atoms with Crippen LogP contribution in [-0.2, 0) is 4.43 Å². The largest absolute Gasteiger partial charge is 0.478 e. The van der Waals surface area contributed by atoms with Gasteiger partial charge in [-0.1, -0.05) is 81.4 Å². The molecule has 0 radical (unpaired) electrons. The molecule has 2 aromatic carbocycles. The topological polar surface area (TPSA) is 64.3 Å². The molecular weight excluding hydrogens is 416 g/mol. The molecule has 1 fully saturated rings. The highest BCUT2D eigenvalue weighted by Crippen LogP contribution is 2.40. The molecule has 1 aliphatic rings. The number of aromatic nitrogens is 2. The molecule has 0 unspecified atom stereocenters. The molecule has 3 aromatic rings. The first kappa shape index (κ1) is 22.5. The van der Waals surface area contributed by atoms with E-state index in [4.69, 9.17) is 4.43 Å². The second-order valence-electron chi connectivity index (χ2n) is 9.73. The number of carboxylic acid groups (broad SMARTS) is 1. The van der Waals surface area contributed by atoms with Gasteiger partial charge in [-0.2, -0.15) is 5.10 Å². The zero-order chi connectivity index (χ0) is 22.8. The molecule has 0 bridgehead atoms. The standard InChI is InChI=1S/C26H32N2O3Si/c1-26(2,3)32(23-10-6-4-7-11-23,24-12-8-5-9-13-24)31-22-16-14-21(15-17-22)28-19-20(18-27-28)25(29)30/h4-13,18-19,21-22H,14-17H2,1-3H3,(H,29,30). The lowest BCUT2D eigenvalue weighted by atomic mass is 9.93. The lowest BCUT2D eigenvalue weighted by molar-refractivity contribution is 0.0696. The minimum absolute atomic E-state index is 0.0368. The van der Waals surface area contributed by atoms with Crippen LogP contribution in [0.3, 0.4) is 0 Å². The Balaban J connectivity index is 1.61. The number of carboxylic acids is 1. The van der Waals surface area contributed by atoms with E-state index in [2.05, 4.69) is 86.5 Å². The monoisotopic (exact) mass is 448 g/mol. The predicted molar refractivity (Wildman–Crippen MR) is 129 cm³/mol. The third-order valence-corrected chi connectivity index (χ3v) is 11.7. The van der Waals surface area contributed by atoms with Crippen LogP contribution < -0.4 is 10.4 Å². The quantitative estimate of drug-likeness (QED) is 0.558. The Hall–Kier alpha value is -2.70. The zero-order valence-corrected chi connectivity index (χ0v) is 20.1. The maximum atomic E-state index is 11.2. The summed E-state index contributed by atoms with van der Waals surface area (Å²) in [5, 5.41) is 16.1. The van der Waals surface area contributed by atoms with Crippen molar-refractivity contribution in [2.45, 2.75) is 63.6 Å². The molecule has 1 heterocycles. The van der Waals surface area contributed by atoms with E-state index in [0.29, 0.717) is 0 Å². The Morgan fingerprint density at radius 1 is 0.969 bits per heavy atom. The molecule has 0 amide bonds. The van der Waals surface area contributed by atoms with Crippen molar-refractivity contribution in [3.05, 3.63) is 78.6 Å². The van der Waals surface area contributed by atoms with Gasteiger partial charge in [0.2, 0.25) is 0 Å². The number of aromatic carboxylic acids is 1. The van der Waals surface area contributed by atoms with Crippen molar-refractivity contribution in [3.63, 3.8) is 0 Å². The Kier molecular flexibility index (Phi) is 6.35. The fourth-order valence-corrected chi connectivity index (χ4v) is 9.77. The number of hydrogen-bond acceptors (Lipinski definition) is 3. The van der Waals surface area contributed by atoms with E-state index >= 15 is 0 Å². The van der Waals surface area contributed by atoms with Crippen molar-refractivity contribution in [1.29, 1.82) is 0 Å². The Labute approximate surface area is 191 Å². The number of benzene rings is 2. The summed E-state index contributed by atoms with van der Waals surface area (Å²) in [5.74, 6) is -0.931. The van der Waals surface area contributed by atoms with Crippen molar-refractivity contribution >= 4 is 24.7 Å². The van der Waals surface area contributed by atoms with Gasteiger partial charge in [-0.15, -0.1) is 0 Å². The highest BCUT2D eigenvalue weighted by Gasteiger charge is 2.51. The Bertz CT molecular complexity index is 996. The van der Waals surface area contributed by atoms with Crippen LogP contribution in [0.15, 0.2) is 73.1 Å². The average molecular weight is 449 g/mol. The summed E-state index contributed by atoms with van der Waals surface area (Å²) in [6.07, 6.45) is 7.01. The van der Waals surface area contributed by atoms with E-state index in [0.717, 1.165) is 25.7 Å². The molecule has 0 aliphatic heterocycles. The number of carbonyl (C=O) groups is 1. The van der Waals surface area contributed by atoms with Gasteiger partial charge in [0.05, 0.1) is 17.8 Å². The van der Waals surface area contributed by atoms with Crippen LogP contribution in [0.4, 0.5) is 0 Å². The SMILES string of the molecule is CC(C)(C)[Si](OC1CCC(n2cc(C(=O)O)cn2)CC1)(c1ccccc1)c1ccccc1. The van der Waals surface area contributed by atoms with E-state index in [1.54, 1.807) is 6.20 Å². The van der Waals surface area contributed by atoms with E-state index in [9.17, 15) is 9.90 Å². The fraction of sp³-hybridized carbons (Fsp3) is 0.385. The molecule has 1 N–H and O–H groups in total. The third-order valence-electron chi connectivity index (χ3n) is 6.63. The van der Waals surface area contributed by atoms with Gasteiger partial charge in [0.25, 0.3) is 8.32 Å². The van der Waals surface area contributed by atoms with Crippen LogP contribution in [0.5, 0.6) is 0 Å². The third kappa shape index (κ3) is 4.29. The van der Waals surface area contributed by atoms with Crippen LogP contribution >= 0.6 is 0 Å². The minimum Gasteiger partial charge on any atom is -0.478 e. The summed E-state index contributed by atoms with van der Waals surface area (Å²) in [7, 11) is -2.55. The molecule has 1 aliphatic carbocycles. The van der Waals surface area contributed by atoms with Gasteiger partial charge < -0.3 is 9.53 Å². The van der Waals surface area contributed by atoms with Crippen LogP contribution in [0.2, 0.25) is 5.04 Å². The van der Waals surface area contributed by atoms with E-state index in [-0.39, 0.29) is 22.7 Å². The molecular formula is C26H32N2O3Si. The van der Waals surface area contributed by atoms with Gasteiger partial charge in [0.15, 0.2) is 0 Å². The van der Waals surface area contributed by atoms with Crippen LogP contribution in [0, 0.1) is 0 Å². The summed E-state index contributed by atoms with van der Waals surface area (Å²) in [6, 6.07) is 21.7. The van der Waals surface area contributed by atoms with Crippen molar-refractivity contribution in [1.82, 2.24) is 9.78 Å². The molecule has 6 heteroatoms. The van der Waals surface area contributed by atoms with Gasteiger partial charge in [-0.05, 0) is 41.1 Å². The van der Waals surface area contributed by atoms with E-state index in [1.807, 2.05) is 4.68 Å². The molecule has 0 saturated heterocycles. The summed E-state index contributed by atoms with van der Waals surface area (Å²) < 4.78 is 9.08. The minimum atomic E-state index is -2.55. The van der Waals surface area contributed by atoms with Crippen molar-refractivity contribution in [2.75, 3.05) is 0 Å². The van der Waals surface area contributed by atoms with Crippen molar-refractivity contribution in [2.24, 2.45) is 0 Å². The second kappa shape index (κ2) is 9.04. The molecule has 0 atom stereocenters. The molecule has 5 nitrogen and oxygen atoms in total. The second-order valence-corrected chi connectivity index (χ2v) is 14.0. The van der Waals surface area contributed by atoms with E-state index in [1.165, 1.54) is 16.6 Å². The molecule has 1 aromatic heterocycles. The summed E-state index contributed by atoms with van der Waals surface area (Å²) >= 11 is 0. The van der Waals surface area contributed by atoms with Gasteiger partial charge in [-0.3, -0.25) is 4.68 Å². The number of hydrogen-bond donors (Lipinski definition) is 1. The molecule has 1 saturated carbocycles. The summed E-state index contributed by atoms with van der Waals surface area (Å²) in [6.45, 7) is 6.92. The zero-order valence-electron chi connectivity index (χ0n) is 19.1. The number of nitrogens with zero attached hydrogens (tertiary/aromatic N) is 2. The highest BCUT2D eigenvalue weighted by atomic mass is 28.4. The van der Waals surface area contributed by atoms with Crippen LogP contribution in [-0.4, -0.2) is 35.3 Å². The molecule has 168 valence electrons. The van der Waals surface area contributed by atoms with Crippen LogP contribution in [0.1, 0.15) is 62.9 Å². The Morgan fingerprint density at radius 2 is 1.50 bits per heavy atom. The summed E-state index contributed by atoms with van der Waals surface area (Å²) in [4.78, 5) is 11.2. The lowest BCUT2D eigenvalue weighted by Gasteiger charge is -2.46. The van der Waals surface area contributed by atoms with Gasteiger partial charge in [0.1, 0.15) is 0 Å². The van der Waals surface area contributed by atoms with Crippen molar-refractivity contribution < 1.29 is 14.3 Å². The molecule has 4 rings (SSSR count). The first-order valence-corrected chi connectivity index (χ1v) is 13.3. The lowest BCUT2D eigenvalue weighted by Crippen LogP contribution is -2.67. The maximum Gasteiger partial charge on any atom is 0.338 e. The first-order chi connectivity index (χ1) is 15.3. The van der Waals surface area contributed by atoms with Gasteiger partial charge >= 0.3 is 5.97 Å². The predicted octanol–water partition coefficient (Wildman–Crippen LogP) is 4.64. The first-order valence-electron chi connectivity index (χ1n) is 11.4. The Morgan fingerprint density at radius 3 is 1.94 bits per heavy atom. The van der Waals surface area contributed by atoms with E-state index < -0.39 is 14.3 Å². The maximum absolute atomic E-state index is 11.2. The average Bonchev–Trinajstić information content (AvgIpc) is 3.29. The van der Waals surface area contributed by atoms with Crippen molar-refractivity contribution in [3.8, 4) is 0 Å². The summed E-state index contributed by atoms with van der Waals surface area (Å²) in [5.41, 5.74) is 0.246.